The van der Waals surface area contributed by atoms with Crippen LogP contribution >= 0.6 is 37.2 Å². The molecule has 206 valence electrons. The van der Waals surface area contributed by atoms with E-state index in [-0.39, 0.29) is 42.8 Å². The third-order valence-electron chi connectivity index (χ3n) is 6.79. The Morgan fingerprint density at radius 3 is 2.24 bits per heavy atom. The van der Waals surface area contributed by atoms with Crippen molar-refractivity contribution in [3.63, 3.8) is 0 Å². The molecule has 1 saturated heterocycles. The summed E-state index contributed by atoms with van der Waals surface area (Å²) in [6.07, 6.45) is 8.64. The van der Waals surface area contributed by atoms with Crippen LogP contribution in [0, 0.1) is 6.92 Å². The smallest absolute Gasteiger partial charge is 0.267 e. The molecule has 0 saturated carbocycles. The van der Waals surface area contributed by atoms with Crippen LogP contribution in [0.3, 0.4) is 0 Å². The molecule has 0 N–H and O–H groups in total. The number of hydrogen-bond acceptors (Lipinski definition) is 4. The molecule has 6 nitrogen and oxygen atoms in total. The Bertz CT molecular complexity index is 1090. The van der Waals surface area contributed by atoms with E-state index < -0.39 is 0 Å². The number of para-hydroxylation sites is 1. The first-order chi connectivity index (χ1) is 16.7. The third kappa shape index (κ3) is 9.06. The number of hydrogen-bond donors (Lipinski definition) is 0. The number of halogens is 3. The van der Waals surface area contributed by atoms with Gasteiger partial charge in [-0.15, -0.1) is 37.2 Å². The van der Waals surface area contributed by atoms with Crippen LogP contribution in [0.25, 0.3) is 5.69 Å². The highest BCUT2D eigenvalue weighted by molar-refractivity contribution is 5.86. The average Bonchev–Trinajstić information content (AvgIpc) is 3.17. The zero-order valence-corrected chi connectivity index (χ0v) is 24.5. The molecular weight excluding hydrogens is 529 g/mol. The summed E-state index contributed by atoms with van der Waals surface area (Å²) in [5, 5.41) is 0. The number of anilines is 1. The molecule has 1 aliphatic heterocycles. The van der Waals surface area contributed by atoms with Gasteiger partial charge in [0.05, 0.1) is 5.69 Å². The monoisotopic (exact) mass is 569 g/mol. The van der Waals surface area contributed by atoms with Crippen molar-refractivity contribution in [3.8, 4) is 5.69 Å². The van der Waals surface area contributed by atoms with Crippen molar-refractivity contribution in [1.82, 2.24) is 19.2 Å². The van der Waals surface area contributed by atoms with Gasteiger partial charge in [-0.3, -0.25) is 14.4 Å². The van der Waals surface area contributed by atoms with Crippen LogP contribution < -0.4 is 10.5 Å². The maximum Gasteiger partial charge on any atom is 0.267 e. The summed E-state index contributed by atoms with van der Waals surface area (Å²) in [6, 6.07) is 16.4. The van der Waals surface area contributed by atoms with Gasteiger partial charge >= 0.3 is 0 Å². The Labute approximate surface area is 240 Å². The molecule has 0 bridgehead atoms. The molecule has 1 aromatic carbocycles. The summed E-state index contributed by atoms with van der Waals surface area (Å²) in [6.45, 7) is 10.2. The topological polar surface area (TPSA) is 46.3 Å². The Morgan fingerprint density at radius 2 is 1.57 bits per heavy atom. The maximum atomic E-state index is 12.9. The SMILES string of the molecule is CCCCCCc1cc(=O)n(CCCN2CCN(c3cc(C)ccn3)CC2)n1-c1ccccc1.Cl.Cl.Cl. The highest BCUT2D eigenvalue weighted by Gasteiger charge is 2.18. The van der Waals surface area contributed by atoms with Gasteiger partial charge in [-0.25, -0.2) is 9.67 Å². The van der Waals surface area contributed by atoms with Gasteiger partial charge in [-0.1, -0.05) is 44.4 Å². The molecule has 3 heterocycles. The Balaban J connectivity index is 0.00000228. The summed E-state index contributed by atoms with van der Waals surface area (Å²) in [5.41, 5.74) is 3.58. The van der Waals surface area contributed by atoms with Crippen molar-refractivity contribution < 1.29 is 0 Å². The van der Waals surface area contributed by atoms with Gasteiger partial charge in [0.15, 0.2) is 0 Å². The predicted octanol–water partition coefficient (Wildman–Crippen LogP) is 5.94. The first-order valence-electron chi connectivity index (χ1n) is 12.9. The van der Waals surface area contributed by atoms with Crippen LogP contribution in [0.4, 0.5) is 5.82 Å². The summed E-state index contributed by atoms with van der Waals surface area (Å²) in [4.78, 5) is 22.4. The largest absolute Gasteiger partial charge is 0.354 e. The lowest BCUT2D eigenvalue weighted by atomic mass is 10.1. The number of piperazine rings is 1. The first kappa shape index (κ1) is 33.0. The van der Waals surface area contributed by atoms with Gasteiger partial charge in [0, 0.05) is 57.2 Å². The van der Waals surface area contributed by atoms with E-state index in [9.17, 15) is 4.79 Å². The van der Waals surface area contributed by atoms with E-state index in [4.69, 9.17) is 0 Å². The number of benzene rings is 1. The second kappa shape index (κ2) is 16.8. The van der Waals surface area contributed by atoms with Crippen LogP contribution in [0.2, 0.25) is 0 Å². The maximum absolute atomic E-state index is 12.9. The Kier molecular flexibility index (Phi) is 15.0. The first-order valence-corrected chi connectivity index (χ1v) is 12.9. The molecule has 0 radical (unpaired) electrons. The molecule has 3 aromatic rings. The summed E-state index contributed by atoms with van der Waals surface area (Å²) < 4.78 is 4.10. The molecular formula is C28H42Cl3N5O. The van der Waals surface area contributed by atoms with Crippen LogP contribution in [0.15, 0.2) is 59.5 Å². The number of aryl methyl sites for hydroxylation is 2. The van der Waals surface area contributed by atoms with Crippen molar-refractivity contribution in [2.75, 3.05) is 37.6 Å². The zero-order chi connectivity index (χ0) is 23.8. The van der Waals surface area contributed by atoms with Gasteiger partial charge in [-0.05, 0) is 56.0 Å². The van der Waals surface area contributed by atoms with Gasteiger partial charge in [0.1, 0.15) is 5.82 Å². The normalized spacial score (nSPS) is 13.4. The third-order valence-corrected chi connectivity index (χ3v) is 6.79. The second-order valence-corrected chi connectivity index (χ2v) is 9.43. The standard InChI is InChI=1S/C28H39N5O.3ClH/c1-3-4-5-7-13-26-23-28(34)32(33(26)25-11-8-6-9-12-25)17-10-16-30-18-20-31(21-19-30)27-22-24(2)14-15-29-27;;;/h6,8-9,11-12,14-15,22-23H,3-5,7,10,13,16-21H2,1-2H3;3*1H. The average molecular weight is 571 g/mol. The van der Waals surface area contributed by atoms with Crippen molar-refractivity contribution in [1.29, 1.82) is 0 Å². The molecule has 37 heavy (non-hydrogen) atoms. The zero-order valence-electron chi connectivity index (χ0n) is 22.1. The Hall–Kier alpha value is -1.99. The van der Waals surface area contributed by atoms with Crippen LogP contribution in [-0.2, 0) is 13.0 Å². The summed E-state index contributed by atoms with van der Waals surface area (Å²) in [5.74, 6) is 1.08. The predicted molar refractivity (Wildman–Crippen MR) is 162 cm³/mol. The lowest BCUT2D eigenvalue weighted by molar-refractivity contribution is 0.247. The van der Waals surface area contributed by atoms with Crippen molar-refractivity contribution >= 4 is 43.0 Å². The van der Waals surface area contributed by atoms with Crippen LogP contribution in [0.5, 0.6) is 0 Å². The highest BCUT2D eigenvalue weighted by Crippen LogP contribution is 2.16. The molecule has 1 aliphatic rings. The fourth-order valence-electron chi connectivity index (χ4n) is 4.87. The van der Waals surface area contributed by atoms with Crippen molar-refractivity contribution in [2.24, 2.45) is 0 Å². The van der Waals surface area contributed by atoms with Crippen molar-refractivity contribution in [2.45, 2.75) is 58.9 Å². The molecule has 0 amide bonds. The lowest BCUT2D eigenvalue weighted by Gasteiger charge is -2.35. The second-order valence-electron chi connectivity index (χ2n) is 9.43. The number of nitrogens with zero attached hydrogens (tertiary/aromatic N) is 5. The number of rotatable bonds is 11. The number of aromatic nitrogens is 3. The van der Waals surface area contributed by atoms with Gasteiger partial charge in [-0.2, -0.15) is 0 Å². The number of pyridine rings is 1. The van der Waals surface area contributed by atoms with E-state index in [0.29, 0.717) is 0 Å². The van der Waals surface area contributed by atoms with Gasteiger partial charge < -0.3 is 4.90 Å². The van der Waals surface area contributed by atoms with Crippen LogP contribution in [-0.4, -0.2) is 52.0 Å². The minimum Gasteiger partial charge on any atom is -0.354 e. The summed E-state index contributed by atoms with van der Waals surface area (Å²) >= 11 is 0. The summed E-state index contributed by atoms with van der Waals surface area (Å²) in [7, 11) is 0. The quantitative estimate of drug-likeness (QED) is 0.268. The molecule has 4 rings (SSSR count). The van der Waals surface area contributed by atoms with E-state index in [1.165, 1.54) is 24.8 Å². The van der Waals surface area contributed by atoms with E-state index >= 15 is 0 Å². The highest BCUT2D eigenvalue weighted by atomic mass is 35.5. The molecule has 0 atom stereocenters. The van der Waals surface area contributed by atoms with Gasteiger partial charge in [0.25, 0.3) is 5.56 Å². The van der Waals surface area contributed by atoms with E-state index in [1.807, 2.05) is 41.2 Å². The molecule has 1 fully saturated rings. The molecule has 0 spiro atoms. The number of unbranched alkanes of at least 4 members (excludes halogenated alkanes) is 3. The molecule has 9 heteroatoms. The fourth-order valence-corrected chi connectivity index (χ4v) is 4.87. The molecule has 0 unspecified atom stereocenters. The minimum atomic E-state index is 0. The minimum absolute atomic E-state index is 0. The van der Waals surface area contributed by atoms with Gasteiger partial charge in [0.2, 0.25) is 0 Å². The van der Waals surface area contributed by atoms with Crippen molar-refractivity contribution in [3.05, 3.63) is 76.3 Å². The van der Waals surface area contributed by atoms with E-state index in [2.05, 4.69) is 51.5 Å². The van der Waals surface area contributed by atoms with E-state index in [1.54, 1.807) is 0 Å². The van der Waals surface area contributed by atoms with Crippen LogP contribution in [0.1, 0.15) is 50.3 Å². The fraction of sp³-hybridized carbons (Fsp3) is 0.500. The lowest BCUT2D eigenvalue weighted by Crippen LogP contribution is -2.47. The van der Waals surface area contributed by atoms with E-state index in [0.717, 1.165) is 75.7 Å². The molecule has 2 aromatic heterocycles. The molecule has 0 aliphatic carbocycles. The Morgan fingerprint density at radius 1 is 0.838 bits per heavy atom.